The van der Waals surface area contributed by atoms with Gasteiger partial charge in [-0.25, -0.2) is 4.79 Å². The van der Waals surface area contributed by atoms with Gasteiger partial charge in [0.15, 0.2) is 0 Å². The van der Waals surface area contributed by atoms with E-state index in [0.29, 0.717) is 13.0 Å². The molecule has 150 valence electrons. The van der Waals surface area contributed by atoms with E-state index < -0.39 is 23.7 Å². The lowest BCUT2D eigenvalue weighted by molar-refractivity contribution is -0.137. The quantitative estimate of drug-likeness (QED) is 0.717. The number of nitrogens with zero attached hydrogens (tertiary/aromatic N) is 1. The highest BCUT2D eigenvalue weighted by molar-refractivity contribution is 5.92. The number of carbonyl (C=O) groups is 2. The average molecular weight is 393 g/mol. The molecule has 0 aliphatic heterocycles. The molecule has 0 fully saturated rings. The molecule has 0 radical (unpaired) electrons. The van der Waals surface area contributed by atoms with E-state index in [-0.39, 0.29) is 17.9 Å². The third kappa shape index (κ3) is 6.00. The molecule has 0 atom stereocenters. The van der Waals surface area contributed by atoms with Crippen LogP contribution in [-0.4, -0.2) is 23.4 Å². The van der Waals surface area contributed by atoms with Gasteiger partial charge in [-0.3, -0.25) is 4.79 Å². The third-order valence-electron chi connectivity index (χ3n) is 3.88. The number of benzene rings is 2. The van der Waals surface area contributed by atoms with Crippen LogP contribution in [-0.2, 0) is 17.5 Å². The Morgan fingerprint density at radius 1 is 1.04 bits per heavy atom. The summed E-state index contributed by atoms with van der Waals surface area (Å²) >= 11 is 0. The minimum absolute atomic E-state index is 0.00697. The summed E-state index contributed by atoms with van der Waals surface area (Å²) in [5.74, 6) is -0.484. The first-order valence-electron chi connectivity index (χ1n) is 8.79. The molecule has 3 amide bonds. The molecule has 28 heavy (non-hydrogen) atoms. The van der Waals surface area contributed by atoms with Gasteiger partial charge in [0.05, 0.1) is 11.3 Å². The van der Waals surface area contributed by atoms with E-state index in [9.17, 15) is 22.8 Å². The molecule has 8 heteroatoms. The molecule has 0 aliphatic rings. The number of amides is 3. The van der Waals surface area contributed by atoms with Gasteiger partial charge in [-0.05, 0) is 30.2 Å². The van der Waals surface area contributed by atoms with Crippen molar-refractivity contribution in [2.45, 2.75) is 33.0 Å². The van der Waals surface area contributed by atoms with Crippen molar-refractivity contribution in [1.82, 2.24) is 4.90 Å². The van der Waals surface area contributed by atoms with E-state index in [0.717, 1.165) is 17.7 Å². The predicted molar refractivity (Wildman–Crippen MR) is 102 cm³/mol. The van der Waals surface area contributed by atoms with E-state index in [1.54, 1.807) is 0 Å². The zero-order chi connectivity index (χ0) is 20.7. The van der Waals surface area contributed by atoms with Crippen LogP contribution in [0.1, 0.15) is 31.4 Å². The Morgan fingerprint density at radius 2 is 1.71 bits per heavy atom. The van der Waals surface area contributed by atoms with E-state index in [2.05, 4.69) is 10.6 Å². The highest BCUT2D eigenvalue weighted by Gasteiger charge is 2.34. The normalized spacial score (nSPS) is 11.0. The number of rotatable bonds is 6. The molecular formula is C20H22F3N3O2. The van der Waals surface area contributed by atoms with Crippen molar-refractivity contribution >= 4 is 23.3 Å². The van der Waals surface area contributed by atoms with Crippen LogP contribution in [0, 0.1) is 0 Å². The fourth-order valence-electron chi connectivity index (χ4n) is 2.69. The number of hydrogen-bond acceptors (Lipinski definition) is 2. The van der Waals surface area contributed by atoms with Crippen LogP contribution in [0.15, 0.2) is 48.5 Å². The summed E-state index contributed by atoms with van der Waals surface area (Å²) in [5.41, 5.74) is -0.500. The molecule has 0 bridgehead atoms. The number of alkyl halides is 3. The van der Waals surface area contributed by atoms with Crippen molar-refractivity contribution < 1.29 is 22.8 Å². The van der Waals surface area contributed by atoms with E-state index in [4.69, 9.17) is 0 Å². The number of anilines is 2. The molecule has 0 spiro atoms. The Hall–Kier alpha value is -3.03. The van der Waals surface area contributed by atoms with Gasteiger partial charge in [0, 0.05) is 25.7 Å². The van der Waals surface area contributed by atoms with Crippen molar-refractivity contribution in [2.75, 3.05) is 17.2 Å². The van der Waals surface area contributed by atoms with Gasteiger partial charge in [-0.15, -0.1) is 0 Å². The minimum atomic E-state index is -4.69. The monoisotopic (exact) mass is 393 g/mol. The molecule has 2 rings (SSSR count). The zero-order valence-corrected chi connectivity index (χ0v) is 15.6. The Morgan fingerprint density at radius 3 is 2.29 bits per heavy atom. The average Bonchev–Trinajstić information content (AvgIpc) is 2.62. The largest absolute Gasteiger partial charge is 0.418 e. The molecule has 2 aromatic rings. The van der Waals surface area contributed by atoms with Gasteiger partial charge in [0.25, 0.3) is 0 Å². The van der Waals surface area contributed by atoms with Crippen LogP contribution in [0.2, 0.25) is 0 Å². The van der Waals surface area contributed by atoms with Crippen molar-refractivity contribution in [3.8, 4) is 0 Å². The van der Waals surface area contributed by atoms with Gasteiger partial charge < -0.3 is 15.5 Å². The number of hydrogen-bond donors (Lipinski definition) is 2. The molecule has 0 unspecified atom stereocenters. The van der Waals surface area contributed by atoms with Gasteiger partial charge in [0.1, 0.15) is 0 Å². The third-order valence-corrected chi connectivity index (χ3v) is 3.88. The topological polar surface area (TPSA) is 61.4 Å². The van der Waals surface area contributed by atoms with Crippen LogP contribution in [0.3, 0.4) is 0 Å². The fraction of sp³-hybridized carbons (Fsp3) is 0.300. The molecule has 2 N–H and O–H groups in total. The summed E-state index contributed by atoms with van der Waals surface area (Å²) in [6.07, 6.45) is -4.03. The maximum atomic E-state index is 13.4. The number of nitrogens with one attached hydrogen (secondary N) is 2. The molecule has 0 aromatic heterocycles. The standard InChI is InChI=1S/C20H22F3N3O2/c1-3-11-26(13-15-7-5-4-6-8-15)19(28)25-18-10-9-16(24-14(2)27)12-17(18)20(21,22)23/h4-10,12H,3,11,13H2,1-2H3,(H,24,27)(H,25,28). The summed E-state index contributed by atoms with van der Waals surface area (Å²) < 4.78 is 40.3. The Bertz CT molecular complexity index is 823. The summed E-state index contributed by atoms with van der Waals surface area (Å²) in [7, 11) is 0. The van der Waals surface area contributed by atoms with Crippen LogP contribution in [0.25, 0.3) is 0 Å². The Labute approximate surface area is 161 Å². The van der Waals surface area contributed by atoms with Gasteiger partial charge in [-0.2, -0.15) is 13.2 Å². The fourth-order valence-corrected chi connectivity index (χ4v) is 2.69. The summed E-state index contributed by atoms with van der Waals surface area (Å²) in [6, 6.07) is 11.8. The molecule has 2 aromatic carbocycles. The Balaban J connectivity index is 2.25. The highest BCUT2D eigenvalue weighted by atomic mass is 19.4. The first-order valence-corrected chi connectivity index (χ1v) is 8.79. The first kappa shape index (κ1) is 21.3. The van der Waals surface area contributed by atoms with Crippen LogP contribution in [0.4, 0.5) is 29.3 Å². The molecule has 0 saturated heterocycles. The molecular weight excluding hydrogens is 371 g/mol. The molecule has 0 aliphatic carbocycles. The second-order valence-electron chi connectivity index (χ2n) is 6.28. The summed E-state index contributed by atoms with van der Waals surface area (Å²) in [4.78, 5) is 25.2. The lowest BCUT2D eigenvalue weighted by atomic mass is 10.1. The second kappa shape index (κ2) is 9.25. The second-order valence-corrected chi connectivity index (χ2v) is 6.28. The first-order chi connectivity index (χ1) is 13.2. The smallest absolute Gasteiger partial charge is 0.326 e. The number of halogens is 3. The van der Waals surface area contributed by atoms with Crippen molar-refractivity contribution in [1.29, 1.82) is 0 Å². The maximum absolute atomic E-state index is 13.4. The van der Waals surface area contributed by atoms with Crippen molar-refractivity contribution in [2.24, 2.45) is 0 Å². The van der Waals surface area contributed by atoms with Crippen molar-refractivity contribution in [3.05, 3.63) is 59.7 Å². The van der Waals surface area contributed by atoms with Crippen LogP contribution < -0.4 is 10.6 Å². The Kier molecular flexibility index (Phi) is 7.03. The van der Waals surface area contributed by atoms with E-state index >= 15 is 0 Å². The lowest BCUT2D eigenvalue weighted by Crippen LogP contribution is -2.35. The predicted octanol–water partition coefficient (Wildman–Crippen LogP) is 5.11. The molecule has 0 heterocycles. The van der Waals surface area contributed by atoms with Gasteiger partial charge >= 0.3 is 12.2 Å². The van der Waals surface area contributed by atoms with Gasteiger partial charge in [0.2, 0.25) is 5.91 Å². The number of urea groups is 1. The van der Waals surface area contributed by atoms with E-state index in [1.807, 2.05) is 37.3 Å². The molecule has 5 nitrogen and oxygen atoms in total. The molecule has 0 saturated carbocycles. The van der Waals surface area contributed by atoms with E-state index in [1.165, 1.54) is 17.9 Å². The van der Waals surface area contributed by atoms with Crippen LogP contribution >= 0.6 is 0 Å². The summed E-state index contributed by atoms with van der Waals surface area (Å²) in [5, 5.41) is 4.67. The zero-order valence-electron chi connectivity index (χ0n) is 15.6. The lowest BCUT2D eigenvalue weighted by Gasteiger charge is -2.24. The highest BCUT2D eigenvalue weighted by Crippen LogP contribution is 2.36. The SMILES string of the molecule is CCCN(Cc1ccccc1)C(=O)Nc1ccc(NC(C)=O)cc1C(F)(F)F. The van der Waals surface area contributed by atoms with Gasteiger partial charge in [-0.1, -0.05) is 37.3 Å². The number of carbonyl (C=O) groups excluding carboxylic acids is 2. The van der Waals surface area contributed by atoms with Crippen LogP contribution in [0.5, 0.6) is 0 Å². The van der Waals surface area contributed by atoms with Crippen molar-refractivity contribution in [3.63, 3.8) is 0 Å². The summed E-state index contributed by atoms with van der Waals surface area (Å²) in [6.45, 7) is 3.77. The minimum Gasteiger partial charge on any atom is -0.326 e. The maximum Gasteiger partial charge on any atom is 0.418 e.